The Hall–Kier alpha value is -2.93. The molecule has 1 aromatic heterocycles. The molecule has 0 saturated heterocycles. The van der Waals surface area contributed by atoms with Gasteiger partial charge in [-0.25, -0.2) is 4.68 Å². The molecule has 26 heavy (non-hydrogen) atoms. The number of carbonyl (C=O) groups excluding carboxylic acids is 1. The number of anilines is 1. The Balaban J connectivity index is 1.41. The quantitative estimate of drug-likeness (QED) is 0.720. The van der Waals surface area contributed by atoms with Crippen LogP contribution in [-0.2, 0) is 4.79 Å². The van der Waals surface area contributed by atoms with Crippen LogP contribution in [0.5, 0.6) is 5.75 Å². The summed E-state index contributed by atoms with van der Waals surface area (Å²) in [6.45, 7) is -0.0916. The normalized spacial score (nSPS) is 13.4. The Labute approximate surface area is 154 Å². The van der Waals surface area contributed by atoms with Crippen LogP contribution in [0.15, 0.2) is 48.5 Å². The van der Waals surface area contributed by atoms with Gasteiger partial charge in [-0.2, -0.15) is 0 Å². The number of aromatic nitrogens is 4. The van der Waals surface area contributed by atoms with Gasteiger partial charge >= 0.3 is 0 Å². The molecular weight excluding hydrogens is 354 g/mol. The average molecular weight is 370 g/mol. The van der Waals surface area contributed by atoms with Crippen molar-refractivity contribution in [2.45, 2.75) is 18.9 Å². The van der Waals surface area contributed by atoms with E-state index in [4.69, 9.17) is 16.3 Å². The first-order valence-electron chi connectivity index (χ1n) is 8.25. The molecule has 3 aromatic rings. The highest BCUT2D eigenvalue weighted by molar-refractivity contribution is 6.30. The van der Waals surface area contributed by atoms with Crippen molar-refractivity contribution in [3.8, 4) is 17.1 Å². The van der Waals surface area contributed by atoms with Crippen LogP contribution in [0.1, 0.15) is 18.9 Å². The van der Waals surface area contributed by atoms with Gasteiger partial charge in [-0.1, -0.05) is 23.7 Å². The number of benzene rings is 2. The SMILES string of the molecule is O=C(COc1ccc(Cl)cc1)Nc1cccc(-c2nnnn2C2CC2)c1. The van der Waals surface area contributed by atoms with E-state index in [-0.39, 0.29) is 12.5 Å². The van der Waals surface area contributed by atoms with Crippen molar-refractivity contribution in [1.29, 1.82) is 0 Å². The molecule has 0 unspecified atom stereocenters. The number of nitrogens with one attached hydrogen (secondary N) is 1. The predicted octanol–water partition coefficient (Wildman–Crippen LogP) is 3.35. The topological polar surface area (TPSA) is 81.9 Å². The first kappa shape index (κ1) is 16.5. The van der Waals surface area contributed by atoms with Gasteiger partial charge in [0.2, 0.25) is 0 Å². The Kier molecular flexibility index (Phi) is 4.53. The van der Waals surface area contributed by atoms with E-state index in [1.807, 2.05) is 28.9 Å². The fourth-order valence-corrected chi connectivity index (χ4v) is 2.69. The van der Waals surface area contributed by atoms with E-state index in [9.17, 15) is 4.79 Å². The third-order valence-corrected chi connectivity index (χ3v) is 4.23. The van der Waals surface area contributed by atoms with E-state index in [0.29, 0.717) is 28.3 Å². The van der Waals surface area contributed by atoms with Crippen LogP contribution < -0.4 is 10.1 Å². The van der Waals surface area contributed by atoms with E-state index in [0.717, 1.165) is 18.4 Å². The second kappa shape index (κ2) is 7.13. The summed E-state index contributed by atoms with van der Waals surface area (Å²) in [6.07, 6.45) is 2.19. The van der Waals surface area contributed by atoms with Crippen LogP contribution in [-0.4, -0.2) is 32.7 Å². The number of amides is 1. The number of halogens is 1. The van der Waals surface area contributed by atoms with Gasteiger partial charge in [-0.3, -0.25) is 4.79 Å². The maximum Gasteiger partial charge on any atom is 0.262 e. The van der Waals surface area contributed by atoms with Crippen LogP contribution in [0.4, 0.5) is 5.69 Å². The van der Waals surface area contributed by atoms with E-state index in [2.05, 4.69) is 20.8 Å². The average Bonchev–Trinajstić information content (AvgIpc) is 3.38. The Morgan fingerprint density at radius 2 is 2.04 bits per heavy atom. The molecule has 2 aromatic carbocycles. The predicted molar refractivity (Wildman–Crippen MR) is 97.1 cm³/mol. The number of nitrogens with zero attached hydrogens (tertiary/aromatic N) is 4. The molecule has 1 fully saturated rings. The van der Waals surface area contributed by atoms with Crippen molar-refractivity contribution in [2.75, 3.05) is 11.9 Å². The number of carbonyl (C=O) groups is 1. The third-order valence-electron chi connectivity index (χ3n) is 3.97. The van der Waals surface area contributed by atoms with Gasteiger partial charge < -0.3 is 10.1 Å². The standard InChI is InChI=1S/C18H16ClN5O2/c19-13-4-8-16(9-5-13)26-11-17(25)20-14-3-1-2-12(10-14)18-21-22-23-24(18)15-6-7-15/h1-5,8-10,15H,6-7,11H2,(H,20,25). The summed E-state index contributed by atoms with van der Waals surface area (Å²) in [5.41, 5.74) is 1.52. The summed E-state index contributed by atoms with van der Waals surface area (Å²) in [5, 5.41) is 15.4. The molecule has 4 rings (SSSR count). The van der Waals surface area contributed by atoms with E-state index in [1.165, 1.54) is 0 Å². The lowest BCUT2D eigenvalue weighted by Gasteiger charge is -2.09. The molecule has 0 radical (unpaired) electrons. The summed E-state index contributed by atoms with van der Waals surface area (Å²) in [7, 11) is 0. The van der Waals surface area contributed by atoms with Gasteiger partial charge in [0.1, 0.15) is 5.75 Å². The molecular formula is C18H16ClN5O2. The van der Waals surface area contributed by atoms with Crippen molar-refractivity contribution in [1.82, 2.24) is 20.2 Å². The molecule has 1 amide bonds. The number of tetrazole rings is 1. The summed E-state index contributed by atoms with van der Waals surface area (Å²) < 4.78 is 7.29. The second-order valence-electron chi connectivity index (χ2n) is 6.05. The molecule has 0 bridgehead atoms. The first-order valence-corrected chi connectivity index (χ1v) is 8.63. The van der Waals surface area contributed by atoms with Crippen LogP contribution in [0, 0.1) is 0 Å². The molecule has 1 N–H and O–H groups in total. The molecule has 132 valence electrons. The maximum atomic E-state index is 12.1. The van der Waals surface area contributed by atoms with Gasteiger partial charge in [0.15, 0.2) is 12.4 Å². The summed E-state index contributed by atoms with van der Waals surface area (Å²) in [4.78, 5) is 12.1. The molecule has 1 aliphatic rings. The highest BCUT2D eigenvalue weighted by atomic mass is 35.5. The van der Waals surface area contributed by atoms with Crippen molar-refractivity contribution >= 4 is 23.2 Å². The van der Waals surface area contributed by atoms with Crippen molar-refractivity contribution < 1.29 is 9.53 Å². The van der Waals surface area contributed by atoms with Crippen LogP contribution in [0.2, 0.25) is 5.02 Å². The minimum Gasteiger partial charge on any atom is -0.484 e. The van der Waals surface area contributed by atoms with Crippen molar-refractivity contribution in [2.24, 2.45) is 0 Å². The van der Waals surface area contributed by atoms with Crippen molar-refractivity contribution in [3.63, 3.8) is 0 Å². The van der Waals surface area contributed by atoms with E-state index >= 15 is 0 Å². The van der Waals surface area contributed by atoms with Crippen LogP contribution in [0.25, 0.3) is 11.4 Å². The number of hydrogen-bond acceptors (Lipinski definition) is 5. The van der Waals surface area contributed by atoms with Crippen LogP contribution in [0.3, 0.4) is 0 Å². The van der Waals surface area contributed by atoms with Crippen molar-refractivity contribution in [3.05, 3.63) is 53.6 Å². The Morgan fingerprint density at radius 3 is 2.81 bits per heavy atom. The molecule has 1 heterocycles. The first-order chi connectivity index (χ1) is 12.7. The zero-order valence-corrected chi connectivity index (χ0v) is 14.6. The van der Waals surface area contributed by atoms with Gasteiger partial charge in [-0.05, 0) is 59.7 Å². The maximum absolute atomic E-state index is 12.1. The molecule has 7 nitrogen and oxygen atoms in total. The monoisotopic (exact) mass is 369 g/mol. The number of rotatable bonds is 6. The minimum atomic E-state index is -0.251. The Bertz CT molecular complexity index is 921. The highest BCUT2D eigenvalue weighted by Gasteiger charge is 2.28. The summed E-state index contributed by atoms with van der Waals surface area (Å²) in [6, 6.07) is 14.7. The summed E-state index contributed by atoms with van der Waals surface area (Å²) >= 11 is 5.82. The van der Waals surface area contributed by atoms with Gasteiger partial charge in [0, 0.05) is 16.3 Å². The zero-order chi connectivity index (χ0) is 17.9. The third kappa shape index (κ3) is 3.83. The smallest absolute Gasteiger partial charge is 0.262 e. The van der Waals surface area contributed by atoms with Crippen LogP contribution >= 0.6 is 11.6 Å². The zero-order valence-electron chi connectivity index (χ0n) is 13.8. The molecule has 0 atom stereocenters. The molecule has 1 aliphatic carbocycles. The Morgan fingerprint density at radius 1 is 1.23 bits per heavy atom. The largest absolute Gasteiger partial charge is 0.484 e. The fraction of sp³-hybridized carbons (Fsp3) is 0.222. The molecule has 0 spiro atoms. The molecule has 0 aliphatic heterocycles. The van der Waals surface area contributed by atoms with Gasteiger partial charge in [0.25, 0.3) is 5.91 Å². The number of ether oxygens (including phenoxy) is 1. The molecule has 1 saturated carbocycles. The van der Waals surface area contributed by atoms with Gasteiger partial charge in [0.05, 0.1) is 6.04 Å². The van der Waals surface area contributed by atoms with Gasteiger partial charge in [-0.15, -0.1) is 5.10 Å². The fourth-order valence-electron chi connectivity index (χ4n) is 2.56. The number of hydrogen-bond donors (Lipinski definition) is 1. The van der Waals surface area contributed by atoms with E-state index < -0.39 is 0 Å². The lowest BCUT2D eigenvalue weighted by atomic mass is 10.2. The lowest BCUT2D eigenvalue weighted by Crippen LogP contribution is -2.20. The summed E-state index contributed by atoms with van der Waals surface area (Å²) in [5.74, 6) is 1.04. The highest BCUT2D eigenvalue weighted by Crippen LogP contribution is 2.36. The van der Waals surface area contributed by atoms with E-state index in [1.54, 1.807) is 24.3 Å². The minimum absolute atomic E-state index is 0.0916. The lowest BCUT2D eigenvalue weighted by molar-refractivity contribution is -0.118. The second-order valence-corrected chi connectivity index (χ2v) is 6.49. The molecule has 8 heteroatoms.